The molecular formula is C19H29N5OS. The van der Waals surface area contributed by atoms with Gasteiger partial charge in [-0.15, -0.1) is 11.3 Å². The number of piperazine rings is 1. The molecule has 1 saturated heterocycles. The summed E-state index contributed by atoms with van der Waals surface area (Å²) >= 11 is 1.81. The molecule has 1 fully saturated rings. The molecule has 1 unspecified atom stereocenters. The number of hydrogen-bond acceptors (Lipinski definition) is 5. The molecule has 3 heterocycles. The summed E-state index contributed by atoms with van der Waals surface area (Å²) in [5.41, 5.74) is 1.02. The van der Waals surface area contributed by atoms with Crippen molar-refractivity contribution < 1.29 is 4.52 Å². The molecule has 0 radical (unpaired) electrons. The molecule has 1 N–H and O–H groups in total. The minimum atomic E-state index is 0.459. The highest BCUT2D eigenvalue weighted by Gasteiger charge is 2.20. The Bertz CT molecular complexity index is 689. The summed E-state index contributed by atoms with van der Waals surface area (Å²) in [5, 5.41) is 9.69. The van der Waals surface area contributed by atoms with E-state index in [0.29, 0.717) is 5.92 Å². The van der Waals surface area contributed by atoms with Gasteiger partial charge in [-0.3, -0.25) is 9.89 Å². The van der Waals surface area contributed by atoms with Crippen molar-refractivity contribution in [3.8, 4) is 0 Å². The van der Waals surface area contributed by atoms with Crippen molar-refractivity contribution >= 4 is 17.3 Å². The third-order valence-corrected chi connectivity index (χ3v) is 5.72. The Balaban J connectivity index is 1.53. The van der Waals surface area contributed by atoms with Crippen LogP contribution in [0.25, 0.3) is 0 Å². The van der Waals surface area contributed by atoms with E-state index < -0.39 is 0 Å². The van der Waals surface area contributed by atoms with Gasteiger partial charge in [0.1, 0.15) is 5.76 Å². The Kier molecular flexibility index (Phi) is 6.68. The molecule has 142 valence electrons. The highest BCUT2D eigenvalue weighted by atomic mass is 32.1. The van der Waals surface area contributed by atoms with Crippen LogP contribution in [0.4, 0.5) is 0 Å². The first-order chi connectivity index (χ1) is 12.7. The van der Waals surface area contributed by atoms with Crippen molar-refractivity contribution in [3.63, 3.8) is 0 Å². The van der Waals surface area contributed by atoms with E-state index in [-0.39, 0.29) is 0 Å². The maximum Gasteiger partial charge on any atom is 0.194 e. The van der Waals surface area contributed by atoms with E-state index >= 15 is 0 Å². The first-order valence-corrected chi connectivity index (χ1v) is 10.2. The smallest absolute Gasteiger partial charge is 0.194 e. The number of aliphatic imine (C=N–C) groups is 1. The maximum absolute atomic E-state index is 5.17. The molecule has 26 heavy (non-hydrogen) atoms. The van der Waals surface area contributed by atoms with Gasteiger partial charge < -0.3 is 14.7 Å². The SMILES string of the molecule is CCNC(=NCC(C)c1cccs1)N1CCN(Cc2cc(C)on2)CC1. The summed E-state index contributed by atoms with van der Waals surface area (Å²) in [4.78, 5) is 11.1. The average molecular weight is 376 g/mol. The number of nitrogens with zero attached hydrogens (tertiary/aromatic N) is 4. The second kappa shape index (κ2) is 9.19. The van der Waals surface area contributed by atoms with E-state index in [1.807, 2.05) is 24.3 Å². The molecule has 0 saturated carbocycles. The zero-order valence-corrected chi connectivity index (χ0v) is 16.8. The lowest BCUT2D eigenvalue weighted by atomic mass is 10.1. The first kappa shape index (κ1) is 18.9. The normalized spacial score (nSPS) is 17.5. The Morgan fingerprint density at radius 2 is 2.19 bits per heavy atom. The molecule has 1 atom stereocenters. The summed E-state index contributed by atoms with van der Waals surface area (Å²) in [6, 6.07) is 6.33. The molecule has 1 aliphatic rings. The van der Waals surface area contributed by atoms with Crippen LogP contribution in [-0.4, -0.2) is 60.2 Å². The molecular weight excluding hydrogens is 346 g/mol. The predicted octanol–water partition coefficient (Wildman–Crippen LogP) is 2.93. The van der Waals surface area contributed by atoms with Gasteiger partial charge in [0.15, 0.2) is 5.96 Å². The molecule has 2 aromatic heterocycles. The van der Waals surface area contributed by atoms with Crippen LogP contribution in [0.5, 0.6) is 0 Å². The highest BCUT2D eigenvalue weighted by Crippen LogP contribution is 2.21. The molecule has 3 rings (SSSR count). The highest BCUT2D eigenvalue weighted by molar-refractivity contribution is 7.10. The van der Waals surface area contributed by atoms with Crippen LogP contribution in [0.3, 0.4) is 0 Å². The minimum Gasteiger partial charge on any atom is -0.361 e. The fourth-order valence-corrected chi connectivity index (χ4v) is 3.93. The number of rotatable bonds is 6. The summed E-state index contributed by atoms with van der Waals surface area (Å²) in [7, 11) is 0. The lowest BCUT2D eigenvalue weighted by molar-refractivity contribution is 0.169. The van der Waals surface area contributed by atoms with Gasteiger partial charge in [-0.25, -0.2) is 0 Å². The first-order valence-electron chi connectivity index (χ1n) is 9.37. The molecule has 0 spiro atoms. The van der Waals surface area contributed by atoms with Crippen molar-refractivity contribution in [2.24, 2.45) is 4.99 Å². The Morgan fingerprint density at radius 1 is 1.38 bits per heavy atom. The fourth-order valence-electron chi connectivity index (χ4n) is 3.15. The zero-order valence-electron chi connectivity index (χ0n) is 15.9. The van der Waals surface area contributed by atoms with E-state index in [2.05, 4.69) is 51.6 Å². The van der Waals surface area contributed by atoms with Crippen LogP contribution in [0.1, 0.15) is 36.1 Å². The monoisotopic (exact) mass is 375 g/mol. The van der Waals surface area contributed by atoms with Crippen molar-refractivity contribution in [2.45, 2.75) is 33.2 Å². The molecule has 0 bridgehead atoms. The third kappa shape index (κ3) is 5.08. The molecule has 6 nitrogen and oxygen atoms in total. The molecule has 0 aliphatic carbocycles. The standard InChI is InChI=1S/C19H29N5OS/c1-4-20-19(21-13-15(2)18-6-5-11-26-18)24-9-7-23(8-10-24)14-17-12-16(3)25-22-17/h5-6,11-12,15H,4,7-10,13-14H2,1-3H3,(H,20,21). The Morgan fingerprint density at radius 3 is 2.81 bits per heavy atom. The van der Waals surface area contributed by atoms with Crippen LogP contribution in [-0.2, 0) is 6.54 Å². The van der Waals surface area contributed by atoms with Gasteiger partial charge >= 0.3 is 0 Å². The number of aryl methyl sites for hydroxylation is 1. The largest absolute Gasteiger partial charge is 0.361 e. The van der Waals surface area contributed by atoms with Crippen molar-refractivity contribution in [1.29, 1.82) is 0 Å². The van der Waals surface area contributed by atoms with Crippen molar-refractivity contribution in [1.82, 2.24) is 20.3 Å². The molecule has 0 aromatic carbocycles. The molecule has 1 aliphatic heterocycles. The van der Waals surface area contributed by atoms with Gasteiger partial charge in [-0.2, -0.15) is 0 Å². The lowest BCUT2D eigenvalue weighted by Crippen LogP contribution is -2.52. The van der Waals surface area contributed by atoms with Crippen LogP contribution in [0.2, 0.25) is 0 Å². The number of guanidine groups is 1. The lowest BCUT2D eigenvalue weighted by Gasteiger charge is -2.36. The van der Waals surface area contributed by atoms with E-state index in [9.17, 15) is 0 Å². The van der Waals surface area contributed by atoms with Crippen LogP contribution in [0.15, 0.2) is 33.1 Å². The van der Waals surface area contributed by atoms with E-state index in [1.165, 1.54) is 4.88 Å². The summed E-state index contributed by atoms with van der Waals surface area (Å²) in [6.45, 7) is 12.9. The van der Waals surface area contributed by atoms with E-state index in [1.54, 1.807) is 0 Å². The van der Waals surface area contributed by atoms with Gasteiger partial charge in [0.05, 0.1) is 12.2 Å². The van der Waals surface area contributed by atoms with Gasteiger partial charge in [0.25, 0.3) is 0 Å². The summed E-state index contributed by atoms with van der Waals surface area (Å²) < 4.78 is 5.17. The van der Waals surface area contributed by atoms with E-state index in [0.717, 1.165) is 63.2 Å². The van der Waals surface area contributed by atoms with Gasteiger partial charge in [0.2, 0.25) is 0 Å². The number of thiophene rings is 1. The van der Waals surface area contributed by atoms with E-state index in [4.69, 9.17) is 9.52 Å². The predicted molar refractivity (Wildman–Crippen MR) is 107 cm³/mol. The van der Waals surface area contributed by atoms with Crippen LogP contribution in [0, 0.1) is 6.92 Å². The molecule has 7 heteroatoms. The number of hydrogen-bond donors (Lipinski definition) is 1. The third-order valence-electron chi connectivity index (χ3n) is 4.61. The number of aromatic nitrogens is 1. The Labute approximate surface area is 159 Å². The fraction of sp³-hybridized carbons (Fsp3) is 0.579. The number of nitrogens with one attached hydrogen (secondary N) is 1. The van der Waals surface area contributed by atoms with Gasteiger partial charge in [-0.05, 0) is 25.3 Å². The average Bonchev–Trinajstić information content (AvgIpc) is 3.31. The Hall–Kier alpha value is -1.86. The summed E-state index contributed by atoms with van der Waals surface area (Å²) in [6.07, 6.45) is 0. The second-order valence-electron chi connectivity index (χ2n) is 6.80. The topological polar surface area (TPSA) is 56.9 Å². The van der Waals surface area contributed by atoms with Crippen molar-refractivity contribution in [3.05, 3.63) is 39.9 Å². The van der Waals surface area contributed by atoms with Crippen LogP contribution < -0.4 is 5.32 Å². The van der Waals surface area contributed by atoms with Crippen LogP contribution >= 0.6 is 11.3 Å². The van der Waals surface area contributed by atoms with Crippen molar-refractivity contribution in [2.75, 3.05) is 39.3 Å². The summed E-state index contributed by atoms with van der Waals surface area (Å²) in [5.74, 6) is 2.37. The molecule has 2 aromatic rings. The zero-order chi connectivity index (χ0) is 18.4. The van der Waals surface area contributed by atoms with Gasteiger partial charge in [-0.1, -0.05) is 18.1 Å². The maximum atomic E-state index is 5.17. The second-order valence-corrected chi connectivity index (χ2v) is 7.78. The minimum absolute atomic E-state index is 0.459. The molecule has 0 amide bonds. The van der Waals surface area contributed by atoms with Gasteiger partial charge in [0, 0.05) is 56.1 Å². The quantitative estimate of drug-likeness (QED) is 0.621.